The van der Waals surface area contributed by atoms with Gasteiger partial charge in [0.05, 0.1) is 12.6 Å². The van der Waals surface area contributed by atoms with E-state index in [1.165, 1.54) is 5.69 Å². The lowest BCUT2D eigenvalue weighted by molar-refractivity contribution is 0.0660. The van der Waals surface area contributed by atoms with Crippen LogP contribution in [0.2, 0.25) is 0 Å². The van der Waals surface area contributed by atoms with E-state index in [1.807, 2.05) is 43.9 Å². The van der Waals surface area contributed by atoms with Crippen LogP contribution in [-0.4, -0.2) is 33.5 Å². The van der Waals surface area contributed by atoms with Gasteiger partial charge >= 0.3 is 0 Å². The number of rotatable bonds is 4. The van der Waals surface area contributed by atoms with Gasteiger partial charge in [0, 0.05) is 43.4 Å². The first-order chi connectivity index (χ1) is 11.1. The van der Waals surface area contributed by atoms with Gasteiger partial charge in [-0.05, 0) is 38.8 Å². The SMILES string of the molecule is Cc1cn(C2CCOCC2)nc1C(=O)NCc1ccc(C)n1C. The first-order valence-electron chi connectivity index (χ1n) is 8.09. The molecule has 1 amide bonds. The minimum absolute atomic E-state index is 0.118. The van der Waals surface area contributed by atoms with Crippen molar-refractivity contribution in [2.75, 3.05) is 13.2 Å². The molecule has 1 aliphatic heterocycles. The van der Waals surface area contributed by atoms with Crippen LogP contribution >= 0.6 is 0 Å². The average molecular weight is 316 g/mol. The van der Waals surface area contributed by atoms with E-state index in [1.54, 1.807) is 0 Å². The van der Waals surface area contributed by atoms with Gasteiger partial charge in [-0.25, -0.2) is 0 Å². The van der Waals surface area contributed by atoms with E-state index in [-0.39, 0.29) is 5.91 Å². The molecule has 1 fully saturated rings. The number of amides is 1. The summed E-state index contributed by atoms with van der Waals surface area (Å²) >= 11 is 0. The van der Waals surface area contributed by atoms with Gasteiger partial charge in [-0.3, -0.25) is 9.48 Å². The molecule has 0 aromatic carbocycles. The van der Waals surface area contributed by atoms with E-state index in [0.29, 0.717) is 18.3 Å². The third-order valence-electron chi connectivity index (χ3n) is 4.60. The highest BCUT2D eigenvalue weighted by Gasteiger charge is 2.20. The highest BCUT2D eigenvalue weighted by molar-refractivity contribution is 5.93. The second-order valence-corrected chi connectivity index (χ2v) is 6.19. The lowest BCUT2D eigenvalue weighted by Gasteiger charge is -2.22. The fourth-order valence-corrected chi connectivity index (χ4v) is 2.94. The van der Waals surface area contributed by atoms with Crippen molar-refractivity contribution in [2.45, 2.75) is 39.3 Å². The second-order valence-electron chi connectivity index (χ2n) is 6.19. The number of nitrogens with one attached hydrogen (secondary N) is 1. The van der Waals surface area contributed by atoms with Crippen LogP contribution in [0, 0.1) is 13.8 Å². The number of carbonyl (C=O) groups excluding carboxylic acids is 1. The van der Waals surface area contributed by atoms with Gasteiger partial charge in [0.25, 0.3) is 5.91 Å². The highest BCUT2D eigenvalue weighted by Crippen LogP contribution is 2.21. The number of aryl methyl sites for hydroxylation is 2. The van der Waals surface area contributed by atoms with Gasteiger partial charge < -0.3 is 14.6 Å². The molecule has 0 bridgehead atoms. The summed E-state index contributed by atoms with van der Waals surface area (Å²) in [7, 11) is 2.00. The molecule has 0 unspecified atom stereocenters. The Morgan fingerprint density at radius 2 is 2.09 bits per heavy atom. The van der Waals surface area contributed by atoms with Crippen LogP contribution in [0.1, 0.15) is 46.3 Å². The van der Waals surface area contributed by atoms with Gasteiger partial charge in [-0.15, -0.1) is 0 Å². The molecule has 6 heteroatoms. The predicted molar refractivity (Wildman–Crippen MR) is 87.4 cm³/mol. The van der Waals surface area contributed by atoms with Crippen molar-refractivity contribution >= 4 is 5.91 Å². The molecule has 0 aliphatic carbocycles. The maximum absolute atomic E-state index is 12.4. The van der Waals surface area contributed by atoms with Crippen LogP contribution in [0.15, 0.2) is 18.3 Å². The van der Waals surface area contributed by atoms with E-state index in [2.05, 4.69) is 15.0 Å². The molecule has 1 N–H and O–H groups in total. The Bertz CT molecular complexity index is 696. The van der Waals surface area contributed by atoms with Crippen molar-refractivity contribution in [3.05, 3.63) is 41.0 Å². The minimum Gasteiger partial charge on any atom is -0.381 e. The monoisotopic (exact) mass is 316 g/mol. The fraction of sp³-hybridized carbons (Fsp3) is 0.529. The number of hydrogen-bond donors (Lipinski definition) is 1. The molecule has 0 spiro atoms. The first-order valence-corrected chi connectivity index (χ1v) is 8.09. The Morgan fingerprint density at radius 3 is 2.74 bits per heavy atom. The van der Waals surface area contributed by atoms with Crippen LogP contribution in [0.5, 0.6) is 0 Å². The summed E-state index contributed by atoms with van der Waals surface area (Å²) in [6.45, 7) is 6.01. The van der Waals surface area contributed by atoms with Gasteiger partial charge in [-0.2, -0.15) is 5.10 Å². The molecule has 0 saturated carbocycles. The molecule has 23 heavy (non-hydrogen) atoms. The summed E-state index contributed by atoms with van der Waals surface area (Å²) in [5, 5.41) is 7.48. The molecular formula is C17H24N4O2. The third-order valence-corrected chi connectivity index (χ3v) is 4.60. The topological polar surface area (TPSA) is 61.1 Å². The Kier molecular flexibility index (Phi) is 4.52. The van der Waals surface area contributed by atoms with Gasteiger partial charge in [-0.1, -0.05) is 0 Å². The van der Waals surface area contributed by atoms with E-state index in [9.17, 15) is 4.79 Å². The molecule has 2 aromatic rings. The quantitative estimate of drug-likeness (QED) is 0.940. The zero-order chi connectivity index (χ0) is 16.4. The summed E-state index contributed by atoms with van der Waals surface area (Å²) in [4.78, 5) is 12.4. The van der Waals surface area contributed by atoms with Gasteiger partial charge in [0.1, 0.15) is 0 Å². The molecule has 6 nitrogen and oxygen atoms in total. The Hall–Kier alpha value is -2.08. The van der Waals surface area contributed by atoms with Crippen molar-refractivity contribution in [2.24, 2.45) is 7.05 Å². The molecular weight excluding hydrogens is 292 g/mol. The van der Waals surface area contributed by atoms with E-state index in [4.69, 9.17) is 4.74 Å². The summed E-state index contributed by atoms with van der Waals surface area (Å²) < 4.78 is 9.39. The van der Waals surface area contributed by atoms with Crippen molar-refractivity contribution in [1.29, 1.82) is 0 Å². The zero-order valence-corrected chi connectivity index (χ0v) is 14.0. The number of nitrogens with zero attached hydrogens (tertiary/aromatic N) is 3. The van der Waals surface area contributed by atoms with Crippen LogP contribution < -0.4 is 5.32 Å². The normalized spacial score (nSPS) is 15.8. The van der Waals surface area contributed by atoms with Crippen LogP contribution in [0.3, 0.4) is 0 Å². The molecule has 0 radical (unpaired) electrons. The minimum atomic E-state index is -0.118. The summed E-state index contributed by atoms with van der Waals surface area (Å²) in [6.07, 6.45) is 3.87. The van der Waals surface area contributed by atoms with Crippen molar-refractivity contribution < 1.29 is 9.53 Å². The molecule has 124 valence electrons. The maximum Gasteiger partial charge on any atom is 0.272 e. The molecule has 1 aliphatic rings. The predicted octanol–water partition coefficient (Wildman–Crippen LogP) is 2.12. The van der Waals surface area contributed by atoms with Gasteiger partial charge in [0.2, 0.25) is 0 Å². The third kappa shape index (κ3) is 3.32. The molecule has 3 rings (SSSR count). The molecule has 1 saturated heterocycles. The van der Waals surface area contributed by atoms with Crippen molar-refractivity contribution in [1.82, 2.24) is 19.7 Å². The zero-order valence-electron chi connectivity index (χ0n) is 14.0. The summed E-state index contributed by atoms with van der Waals surface area (Å²) in [6, 6.07) is 4.41. The van der Waals surface area contributed by atoms with E-state index in [0.717, 1.165) is 37.3 Å². The molecule has 2 aromatic heterocycles. The van der Waals surface area contributed by atoms with Crippen LogP contribution in [-0.2, 0) is 18.3 Å². The van der Waals surface area contributed by atoms with Crippen LogP contribution in [0.4, 0.5) is 0 Å². The number of aromatic nitrogens is 3. The van der Waals surface area contributed by atoms with Crippen molar-refractivity contribution in [3.8, 4) is 0 Å². The standard InChI is InChI=1S/C17H24N4O2/c1-12-11-21(14-6-8-23-9-7-14)19-16(12)17(22)18-10-15-5-4-13(2)20(15)3/h4-5,11,14H,6-10H2,1-3H3,(H,18,22). The van der Waals surface area contributed by atoms with E-state index >= 15 is 0 Å². The fourth-order valence-electron chi connectivity index (χ4n) is 2.94. The largest absolute Gasteiger partial charge is 0.381 e. The summed E-state index contributed by atoms with van der Waals surface area (Å²) in [5.74, 6) is -0.118. The van der Waals surface area contributed by atoms with Crippen molar-refractivity contribution in [3.63, 3.8) is 0 Å². The Morgan fingerprint density at radius 1 is 1.35 bits per heavy atom. The number of hydrogen-bond acceptors (Lipinski definition) is 3. The smallest absolute Gasteiger partial charge is 0.272 e. The van der Waals surface area contributed by atoms with Crippen LogP contribution in [0.25, 0.3) is 0 Å². The second kappa shape index (κ2) is 6.58. The summed E-state index contributed by atoms with van der Waals surface area (Å²) in [5.41, 5.74) is 3.69. The average Bonchev–Trinajstić information content (AvgIpc) is 3.10. The molecule has 0 atom stereocenters. The number of ether oxygens (including phenoxy) is 1. The molecule has 3 heterocycles. The Labute approximate surface area is 136 Å². The van der Waals surface area contributed by atoms with Gasteiger partial charge in [0.15, 0.2) is 5.69 Å². The first kappa shape index (κ1) is 15.8. The highest BCUT2D eigenvalue weighted by atomic mass is 16.5. The maximum atomic E-state index is 12.4. The Balaban J connectivity index is 1.67. The lowest BCUT2D eigenvalue weighted by Crippen LogP contribution is -2.26. The lowest BCUT2D eigenvalue weighted by atomic mass is 10.1. The van der Waals surface area contributed by atoms with E-state index < -0.39 is 0 Å². The number of carbonyl (C=O) groups is 1.